The number of nitrogens with zero attached hydrogens (tertiary/aromatic N) is 3. The number of nitriles is 1. The second kappa shape index (κ2) is 10.5. The van der Waals surface area contributed by atoms with Gasteiger partial charge in [0.15, 0.2) is 11.6 Å². The number of hydrogen-bond acceptors (Lipinski definition) is 5. The molecule has 7 heteroatoms. The molecule has 1 aliphatic rings. The average Bonchev–Trinajstić information content (AvgIpc) is 2.95. The van der Waals surface area contributed by atoms with Gasteiger partial charge in [-0.2, -0.15) is 5.26 Å². The van der Waals surface area contributed by atoms with Crippen LogP contribution in [0, 0.1) is 23.1 Å². The van der Waals surface area contributed by atoms with Crippen LogP contribution in [-0.2, 0) is 4.79 Å². The van der Waals surface area contributed by atoms with Gasteiger partial charge in [-0.25, -0.2) is 9.37 Å². The van der Waals surface area contributed by atoms with E-state index in [0.29, 0.717) is 13.0 Å². The summed E-state index contributed by atoms with van der Waals surface area (Å²) in [4.78, 5) is 17.4. The standard InChI is InChI=1S/C12H13FN4O2.2C2H6/c1-17-6-7(2-9(17)4-14)12(19)16-11-10(18)3-8(13)5-15-11;2*1-2/h3,5,7,9,18H,2,6H2,1H3,(H,15,16,19);2*1-2H3/t7-,9?;;/m0../s1. The first-order chi connectivity index (χ1) is 11.0. The Morgan fingerprint density at radius 1 is 1.48 bits per heavy atom. The summed E-state index contributed by atoms with van der Waals surface area (Å²) in [6.07, 6.45) is 1.34. The van der Waals surface area contributed by atoms with Gasteiger partial charge in [0.05, 0.1) is 24.2 Å². The summed E-state index contributed by atoms with van der Waals surface area (Å²) in [6, 6.07) is 2.70. The zero-order valence-electron chi connectivity index (χ0n) is 14.3. The van der Waals surface area contributed by atoms with E-state index >= 15 is 0 Å². The van der Waals surface area contributed by atoms with Crippen molar-refractivity contribution in [2.24, 2.45) is 5.92 Å². The van der Waals surface area contributed by atoms with E-state index in [9.17, 15) is 14.3 Å². The van der Waals surface area contributed by atoms with Gasteiger partial charge in [-0.3, -0.25) is 9.69 Å². The summed E-state index contributed by atoms with van der Waals surface area (Å²) in [5.74, 6) is -1.86. The Morgan fingerprint density at radius 3 is 2.57 bits per heavy atom. The number of anilines is 1. The molecule has 2 heterocycles. The number of halogens is 1. The zero-order valence-corrected chi connectivity index (χ0v) is 14.3. The van der Waals surface area contributed by atoms with Crippen LogP contribution >= 0.6 is 0 Å². The predicted octanol–water partition coefficient (Wildman–Crippen LogP) is 2.76. The van der Waals surface area contributed by atoms with E-state index in [-0.39, 0.29) is 23.7 Å². The number of likely N-dealkylation sites (tertiary alicyclic amines) is 1. The molecule has 0 radical (unpaired) electrons. The van der Waals surface area contributed by atoms with Crippen molar-refractivity contribution >= 4 is 11.7 Å². The van der Waals surface area contributed by atoms with Crippen LogP contribution in [0.2, 0.25) is 0 Å². The lowest BCUT2D eigenvalue weighted by atomic mass is 10.1. The molecule has 0 saturated carbocycles. The minimum atomic E-state index is -0.680. The summed E-state index contributed by atoms with van der Waals surface area (Å²) in [6.45, 7) is 8.46. The van der Waals surface area contributed by atoms with Crippen molar-refractivity contribution in [2.75, 3.05) is 18.9 Å². The van der Waals surface area contributed by atoms with Crippen molar-refractivity contribution in [2.45, 2.75) is 40.2 Å². The molecular weight excluding hydrogens is 299 g/mol. The summed E-state index contributed by atoms with van der Waals surface area (Å²) in [5.41, 5.74) is 0. The number of nitrogens with one attached hydrogen (secondary N) is 1. The first-order valence-electron chi connectivity index (χ1n) is 7.76. The molecule has 6 nitrogen and oxygen atoms in total. The van der Waals surface area contributed by atoms with Crippen LogP contribution < -0.4 is 5.32 Å². The number of hydrogen-bond donors (Lipinski definition) is 2. The van der Waals surface area contributed by atoms with Gasteiger partial charge >= 0.3 is 0 Å². The monoisotopic (exact) mass is 324 g/mol. The van der Waals surface area contributed by atoms with Crippen LogP contribution in [-0.4, -0.2) is 40.5 Å². The van der Waals surface area contributed by atoms with E-state index in [1.54, 1.807) is 11.9 Å². The number of rotatable bonds is 2. The van der Waals surface area contributed by atoms with E-state index in [2.05, 4.69) is 16.4 Å². The van der Waals surface area contributed by atoms with Crippen LogP contribution in [0.15, 0.2) is 12.3 Å². The summed E-state index contributed by atoms with van der Waals surface area (Å²) in [7, 11) is 1.77. The van der Waals surface area contributed by atoms with Gasteiger partial charge in [0.25, 0.3) is 0 Å². The molecule has 0 aromatic carbocycles. The minimum Gasteiger partial charge on any atom is -0.504 e. The fourth-order valence-electron chi connectivity index (χ4n) is 2.08. The van der Waals surface area contributed by atoms with Crippen molar-refractivity contribution in [3.05, 3.63) is 18.1 Å². The second-order valence-corrected chi connectivity index (χ2v) is 4.53. The largest absolute Gasteiger partial charge is 0.504 e. The van der Waals surface area contributed by atoms with Crippen molar-refractivity contribution in [3.8, 4) is 11.8 Å². The fraction of sp³-hybridized carbons (Fsp3) is 0.562. The highest BCUT2D eigenvalue weighted by Crippen LogP contribution is 2.25. The molecule has 1 fully saturated rings. The maximum absolute atomic E-state index is 12.8. The average molecular weight is 324 g/mol. The lowest BCUT2D eigenvalue weighted by Crippen LogP contribution is -2.26. The van der Waals surface area contributed by atoms with E-state index in [0.717, 1.165) is 12.3 Å². The molecule has 0 aliphatic carbocycles. The van der Waals surface area contributed by atoms with Crippen LogP contribution in [0.3, 0.4) is 0 Å². The maximum atomic E-state index is 12.8. The third-order valence-electron chi connectivity index (χ3n) is 3.14. The van der Waals surface area contributed by atoms with Gasteiger partial charge in [-0.05, 0) is 13.5 Å². The third kappa shape index (κ3) is 5.83. The molecule has 2 rings (SSSR count). The fourth-order valence-corrected chi connectivity index (χ4v) is 2.08. The minimum absolute atomic E-state index is 0.0746. The smallest absolute Gasteiger partial charge is 0.230 e. The van der Waals surface area contributed by atoms with Crippen LogP contribution in [0.4, 0.5) is 10.2 Å². The summed E-state index contributed by atoms with van der Waals surface area (Å²) >= 11 is 0. The van der Waals surface area contributed by atoms with E-state index < -0.39 is 11.6 Å². The van der Waals surface area contributed by atoms with Crippen molar-refractivity contribution in [1.82, 2.24) is 9.88 Å². The predicted molar refractivity (Wildman–Crippen MR) is 87.3 cm³/mol. The quantitative estimate of drug-likeness (QED) is 0.873. The Kier molecular flexibility index (Phi) is 9.51. The molecule has 1 unspecified atom stereocenters. The number of aromatic nitrogens is 1. The number of aromatic hydroxyl groups is 1. The highest BCUT2D eigenvalue weighted by molar-refractivity contribution is 5.93. The van der Waals surface area contributed by atoms with E-state index in [1.165, 1.54) is 0 Å². The topological polar surface area (TPSA) is 89.2 Å². The van der Waals surface area contributed by atoms with Gasteiger partial charge in [0.2, 0.25) is 5.91 Å². The third-order valence-corrected chi connectivity index (χ3v) is 3.14. The van der Waals surface area contributed by atoms with Crippen molar-refractivity contribution in [3.63, 3.8) is 0 Å². The Balaban J connectivity index is 0.00000112. The SMILES string of the molecule is CC.CC.CN1C[C@@H](C(=O)Nc2ncc(F)cc2O)CC1C#N. The van der Waals surface area contributed by atoms with Gasteiger partial charge in [0.1, 0.15) is 5.82 Å². The van der Waals surface area contributed by atoms with Gasteiger partial charge in [-0.15, -0.1) is 0 Å². The number of amides is 1. The molecule has 128 valence electrons. The van der Waals surface area contributed by atoms with Gasteiger partial charge in [-0.1, -0.05) is 27.7 Å². The maximum Gasteiger partial charge on any atom is 0.230 e. The van der Waals surface area contributed by atoms with Crippen molar-refractivity contribution in [1.29, 1.82) is 5.26 Å². The molecule has 23 heavy (non-hydrogen) atoms. The molecule has 1 aliphatic heterocycles. The zero-order chi connectivity index (χ0) is 18.0. The first kappa shape index (κ1) is 20.8. The lowest BCUT2D eigenvalue weighted by molar-refractivity contribution is -0.119. The molecular formula is C16H25FN4O2. The van der Waals surface area contributed by atoms with Crippen LogP contribution in [0.25, 0.3) is 0 Å². The molecule has 1 amide bonds. The number of carbonyl (C=O) groups is 1. The second-order valence-electron chi connectivity index (χ2n) is 4.53. The molecule has 0 spiro atoms. The Bertz CT molecular complexity index is 545. The molecule has 1 aromatic rings. The first-order valence-corrected chi connectivity index (χ1v) is 7.76. The highest BCUT2D eigenvalue weighted by Gasteiger charge is 2.34. The van der Waals surface area contributed by atoms with Crippen LogP contribution in [0.5, 0.6) is 5.75 Å². The molecule has 2 N–H and O–H groups in total. The number of carbonyl (C=O) groups excluding carboxylic acids is 1. The highest BCUT2D eigenvalue weighted by atomic mass is 19.1. The van der Waals surface area contributed by atoms with Gasteiger partial charge < -0.3 is 10.4 Å². The molecule has 1 saturated heterocycles. The van der Waals surface area contributed by atoms with Crippen molar-refractivity contribution < 1.29 is 14.3 Å². The molecule has 2 atom stereocenters. The Morgan fingerprint density at radius 2 is 2.09 bits per heavy atom. The van der Waals surface area contributed by atoms with E-state index in [4.69, 9.17) is 5.26 Å². The lowest BCUT2D eigenvalue weighted by Gasteiger charge is -2.11. The molecule has 0 bridgehead atoms. The Labute approximate surface area is 136 Å². The molecule has 1 aromatic heterocycles. The number of pyridine rings is 1. The summed E-state index contributed by atoms with van der Waals surface area (Å²) < 4.78 is 12.8. The normalized spacial score (nSPS) is 19.5. The van der Waals surface area contributed by atoms with Gasteiger partial charge in [0, 0.05) is 12.6 Å². The summed E-state index contributed by atoms with van der Waals surface area (Å²) in [5, 5.41) is 20.8. The van der Waals surface area contributed by atoms with E-state index in [1.807, 2.05) is 27.7 Å². The van der Waals surface area contributed by atoms with Crippen LogP contribution in [0.1, 0.15) is 34.1 Å². The Hall–Kier alpha value is -2.20.